The van der Waals surface area contributed by atoms with E-state index < -0.39 is 11.6 Å². The summed E-state index contributed by atoms with van der Waals surface area (Å²) < 4.78 is 28.2. The fourth-order valence-corrected chi connectivity index (χ4v) is 3.43. The Labute approximate surface area is 122 Å². The first-order chi connectivity index (χ1) is 9.10. The number of rotatable bonds is 5. The molecule has 0 fully saturated rings. The van der Waals surface area contributed by atoms with Crippen molar-refractivity contribution in [1.82, 2.24) is 5.43 Å². The first-order valence-electron chi connectivity index (χ1n) is 5.73. The highest BCUT2D eigenvalue weighted by atomic mass is 79.9. The lowest BCUT2D eigenvalue weighted by atomic mass is 10.0. The van der Waals surface area contributed by atoms with E-state index in [2.05, 4.69) is 21.4 Å². The van der Waals surface area contributed by atoms with Gasteiger partial charge in [0.25, 0.3) is 0 Å². The lowest BCUT2D eigenvalue weighted by molar-refractivity contribution is 0.486. The monoisotopic (exact) mass is 346 g/mol. The van der Waals surface area contributed by atoms with Crippen LogP contribution in [0.5, 0.6) is 0 Å². The van der Waals surface area contributed by atoms with Gasteiger partial charge in [-0.1, -0.05) is 6.07 Å². The van der Waals surface area contributed by atoms with Crippen LogP contribution in [0.1, 0.15) is 10.4 Å². The predicted octanol–water partition coefficient (Wildman–Crippen LogP) is 3.41. The second kappa shape index (κ2) is 6.56. The Kier molecular flexibility index (Phi) is 5.04. The van der Waals surface area contributed by atoms with Gasteiger partial charge in [0.15, 0.2) is 0 Å². The third kappa shape index (κ3) is 3.82. The van der Waals surface area contributed by atoms with E-state index in [1.165, 1.54) is 18.2 Å². The predicted molar refractivity (Wildman–Crippen MR) is 76.9 cm³/mol. The topological polar surface area (TPSA) is 38.0 Å². The molecule has 0 saturated carbocycles. The van der Waals surface area contributed by atoms with Crippen LogP contribution in [0.25, 0.3) is 0 Å². The maximum atomic E-state index is 13.6. The number of nitrogens with one attached hydrogen (secondary N) is 1. The standard InChI is InChI=1S/C13H13BrF2N2S/c14-13-5-4-9(19-13)6-8(18-17)7-10-11(15)2-1-3-12(10)16/h1-5,8,18H,6-7,17H2. The van der Waals surface area contributed by atoms with Gasteiger partial charge in [-0.05, 0) is 53.0 Å². The molecule has 2 aromatic rings. The van der Waals surface area contributed by atoms with Gasteiger partial charge in [0.2, 0.25) is 0 Å². The lowest BCUT2D eigenvalue weighted by Crippen LogP contribution is -2.38. The highest BCUT2D eigenvalue weighted by Crippen LogP contribution is 2.24. The average Bonchev–Trinajstić information content (AvgIpc) is 2.78. The molecule has 1 atom stereocenters. The van der Waals surface area contributed by atoms with E-state index >= 15 is 0 Å². The zero-order chi connectivity index (χ0) is 13.8. The van der Waals surface area contributed by atoms with Gasteiger partial charge in [0.05, 0.1) is 3.79 Å². The molecule has 0 radical (unpaired) electrons. The molecule has 0 amide bonds. The van der Waals surface area contributed by atoms with Crippen molar-refractivity contribution in [3.05, 3.63) is 56.2 Å². The summed E-state index contributed by atoms with van der Waals surface area (Å²) in [6.45, 7) is 0. The fourth-order valence-electron chi connectivity index (χ4n) is 1.87. The summed E-state index contributed by atoms with van der Waals surface area (Å²) in [7, 11) is 0. The molecule has 0 aliphatic carbocycles. The molecule has 1 heterocycles. The van der Waals surface area contributed by atoms with Crippen molar-refractivity contribution in [3.8, 4) is 0 Å². The summed E-state index contributed by atoms with van der Waals surface area (Å²) in [5.74, 6) is 4.40. The first-order valence-corrected chi connectivity index (χ1v) is 7.34. The minimum atomic E-state index is -0.535. The maximum absolute atomic E-state index is 13.6. The molecule has 2 rings (SSSR count). The molecule has 2 nitrogen and oxygen atoms in total. The van der Waals surface area contributed by atoms with Crippen molar-refractivity contribution >= 4 is 27.3 Å². The molecular weight excluding hydrogens is 334 g/mol. The van der Waals surface area contributed by atoms with Gasteiger partial charge in [0.1, 0.15) is 11.6 Å². The molecule has 6 heteroatoms. The van der Waals surface area contributed by atoms with Crippen molar-refractivity contribution in [1.29, 1.82) is 0 Å². The molecule has 1 aromatic heterocycles. The second-order valence-corrected chi connectivity index (χ2v) is 6.73. The Hall–Kier alpha value is -0.820. The van der Waals surface area contributed by atoms with E-state index in [9.17, 15) is 8.78 Å². The van der Waals surface area contributed by atoms with Crippen LogP contribution >= 0.6 is 27.3 Å². The zero-order valence-corrected chi connectivity index (χ0v) is 12.4. The van der Waals surface area contributed by atoms with Crippen LogP contribution in [0.3, 0.4) is 0 Å². The van der Waals surface area contributed by atoms with Crippen LogP contribution in [0.4, 0.5) is 8.78 Å². The van der Waals surface area contributed by atoms with Gasteiger partial charge in [-0.3, -0.25) is 11.3 Å². The molecule has 0 bridgehead atoms. The van der Waals surface area contributed by atoms with Crippen molar-refractivity contribution in [2.75, 3.05) is 0 Å². The highest BCUT2D eigenvalue weighted by molar-refractivity contribution is 9.11. The Morgan fingerprint density at radius 1 is 1.16 bits per heavy atom. The molecule has 3 N–H and O–H groups in total. The number of hydrazine groups is 1. The number of thiophene rings is 1. The molecule has 0 spiro atoms. The van der Waals surface area contributed by atoms with Crippen LogP contribution in [-0.4, -0.2) is 6.04 Å². The maximum Gasteiger partial charge on any atom is 0.129 e. The van der Waals surface area contributed by atoms with E-state index in [-0.39, 0.29) is 18.0 Å². The van der Waals surface area contributed by atoms with Gasteiger partial charge in [-0.25, -0.2) is 8.78 Å². The normalized spacial score (nSPS) is 12.6. The van der Waals surface area contributed by atoms with Crippen LogP contribution < -0.4 is 11.3 Å². The van der Waals surface area contributed by atoms with Crippen LogP contribution in [0.2, 0.25) is 0 Å². The third-order valence-electron chi connectivity index (χ3n) is 2.82. The average molecular weight is 347 g/mol. The van der Waals surface area contributed by atoms with Crippen LogP contribution in [0, 0.1) is 11.6 Å². The molecule has 1 unspecified atom stereocenters. The molecule has 0 aliphatic heterocycles. The van der Waals surface area contributed by atoms with E-state index in [0.717, 1.165) is 8.66 Å². The number of hydrogen-bond acceptors (Lipinski definition) is 3. The van der Waals surface area contributed by atoms with Crippen molar-refractivity contribution < 1.29 is 8.78 Å². The van der Waals surface area contributed by atoms with Crippen molar-refractivity contribution in [2.24, 2.45) is 5.84 Å². The summed E-state index contributed by atoms with van der Waals surface area (Å²) in [5, 5.41) is 0. The molecule has 102 valence electrons. The van der Waals surface area contributed by atoms with E-state index in [4.69, 9.17) is 5.84 Å². The Bertz CT molecular complexity index is 539. The van der Waals surface area contributed by atoms with Crippen molar-refractivity contribution in [3.63, 3.8) is 0 Å². The summed E-state index contributed by atoms with van der Waals surface area (Å²) >= 11 is 4.96. The Balaban J connectivity index is 2.11. The summed E-state index contributed by atoms with van der Waals surface area (Å²) in [6.07, 6.45) is 0.838. The molecule has 19 heavy (non-hydrogen) atoms. The number of hydrogen-bond donors (Lipinski definition) is 2. The summed E-state index contributed by atoms with van der Waals surface area (Å²) in [4.78, 5) is 1.10. The Morgan fingerprint density at radius 3 is 2.37 bits per heavy atom. The third-order valence-corrected chi connectivity index (χ3v) is 4.47. The lowest BCUT2D eigenvalue weighted by Gasteiger charge is -2.15. The number of halogens is 3. The van der Waals surface area contributed by atoms with Gasteiger partial charge >= 0.3 is 0 Å². The van der Waals surface area contributed by atoms with Crippen molar-refractivity contribution in [2.45, 2.75) is 18.9 Å². The number of nitrogens with two attached hydrogens (primary N) is 1. The van der Waals surface area contributed by atoms with E-state index in [1.807, 2.05) is 12.1 Å². The van der Waals surface area contributed by atoms with E-state index in [1.54, 1.807) is 11.3 Å². The molecule has 0 aliphatic rings. The number of benzene rings is 1. The van der Waals surface area contributed by atoms with Gasteiger partial charge in [-0.15, -0.1) is 11.3 Å². The van der Waals surface area contributed by atoms with Gasteiger partial charge in [0, 0.05) is 16.5 Å². The highest BCUT2D eigenvalue weighted by Gasteiger charge is 2.16. The molecular formula is C13H13BrF2N2S. The summed E-state index contributed by atoms with van der Waals surface area (Å²) in [5.41, 5.74) is 2.69. The quantitative estimate of drug-likeness (QED) is 0.643. The smallest absolute Gasteiger partial charge is 0.129 e. The van der Waals surface area contributed by atoms with Crippen LogP contribution in [0.15, 0.2) is 34.1 Å². The second-order valence-electron chi connectivity index (χ2n) is 4.18. The zero-order valence-electron chi connectivity index (χ0n) is 10.00. The SMILES string of the molecule is NNC(Cc1ccc(Br)s1)Cc1c(F)cccc1F. The Morgan fingerprint density at radius 2 is 1.84 bits per heavy atom. The largest absolute Gasteiger partial charge is 0.271 e. The van der Waals surface area contributed by atoms with Gasteiger partial charge < -0.3 is 0 Å². The summed E-state index contributed by atoms with van der Waals surface area (Å²) in [6, 6.07) is 7.57. The first kappa shape index (κ1) is 14.6. The van der Waals surface area contributed by atoms with Crippen LogP contribution in [-0.2, 0) is 12.8 Å². The fraction of sp³-hybridized carbons (Fsp3) is 0.231. The molecule has 1 aromatic carbocycles. The minimum Gasteiger partial charge on any atom is -0.271 e. The molecule has 0 saturated heterocycles. The minimum absolute atomic E-state index is 0.0704. The van der Waals surface area contributed by atoms with Gasteiger partial charge in [-0.2, -0.15) is 0 Å². The van der Waals surface area contributed by atoms with E-state index in [0.29, 0.717) is 6.42 Å².